The fourth-order valence-corrected chi connectivity index (χ4v) is 2.10. The number of H-pyrrole nitrogens is 1. The van der Waals surface area contributed by atoms with E-state index in [0.717, 1.165) is 22.6 Å². The number of aromatic amines is 1. The number of hydrogen-bond acceptors (Lipinski definition) is 3. The maximum Gasteiger partial charge on any atom is 0.133 e. The predicted octanol–water partition coefficient (Wildman–Crippen LogP) is 3.49. The Morgan fingerprint density at radius 2 is 1.72 bits per heavy atom. The molecule has 0 unspecified atom stereocenters. The first-order valence-electron chi connectivity index (χ1n) is 5.84. The molecule has 0 radical (unpaired) electrons. The molecule has 1 aromatic heterocycles. The van der Waals surface area contributed by atoms with E-state index in [4.69, 9.17) is 12.2 Å². The summed E-state index contributed by atoms with van der Waals surface area (Å²) in [6, 6.07) is 8.40. The quantitative estimate of drug-likeness (QED) is 0.838. The second kappa shape index (κ2) is 4.90. The van der Waals surface area contributed by atoms with Crippen LogP contribution in [0.4, 0.5) is 5.69 Å². The van der Waals surface area contributed by atoms with E-state index < -0.39 is 0 Å². The summed E-state index contributed by atoms with van der Waals surface area (Å²) < 4.78 is 0.665. The molecule has 0 aliphatic heterocycles. The first kappa shape index (κ1) is 12.8. The molecule has 2 rings (SSSR count). The third kappa shape index (κ3) is 2.43. The third-order valence-electron chi connectivity index (χ3n) is 2.94. The van der Waals surface area contributed by atoms with Gasteiger partial charge in [-0.2, -0.15) is 0 Å². The van der Waals surface area contributed by atoms with Crippen molar-refractivity contribution in [1.82, 2.24) is 9.97 Å². The van der Waals surface area contributed by atoms with Gasteiger partial charge in [-0.3, -0.25) is 0 Å². The Hall–Kier alpha value is -1.68. The van der Waals surface area contributed by atoms with Gasteiger partial charge < -0.3 is 9.88 Å². The summed E-state index contributed by atoms with van der Waals surface area (Å²) in [7, 11) is 4.06. The zero-order valence-electron chi connectivity index (χ0n) is 11.1. The topological polar surface area (TPSA) is 31.9 Å². The van der Waals surface area contributed by atoms with Crippen molar-refractivity contribution in [2.75, 3.05) is 19.0 Å². The Balaban J connectivity index is 2.52. The third-order valence-corrected chi connectivity index (χ3v) is 3.34. The molecule has 4 heteroatoms. The van der Waals surface area contributed by atoms with Gasteiger partial charge >= 0.3 is 0 Å². The molecular weight excluding hydrogens is 242 g/mol. The van der Waals surface area contributed by atoms with E-state index in [9.17, 15) is 0 Å². The van der Waals surface area contributed by atoms with Crippen LogP contribution < -0.4 is 4.90 Å². The van der Waals surface area contributed by atoms with E-state index in [1.165, 1.54) is 5.69 Å². The normalized spacial score (nSPS) is 10.4. The second-order valence-corrected chi connectivity index (χ2v) is 4.96. The van der Waals surface area contributed by atoms with Gasteiger partial charge in [0.05, 0.1) is 5.69 Å². The molecule has 0 atom stereocenters. The maximum absolute atomic E-state index is 5.26. The van der Waals surface area contributed by atoms with E-state index in [2.05, 4.69) is 39.1 Å². The number of anilines is 1. The van der Waals surface area contributed by atoms with Crippen molar-refractivity contribution < 1.29 is 0 Å². The Morgan fingerprint density at radius 1 is 1.11 bits per heavy atom. The van der Waals surface area contributed by atoms with Crippen molar-refractivity contribution >= 4 is 17.9 Å². The Bertz CT molecular complexity index is 612. The minimum absolute atomic E-state index is 0.665. The number of aryl methyl sites for hydroxylation is 1. The molecular formula is C14H17N3S. The molecule has 1 N–H and O–H groups in total. The Labute approximate surface area is 113 Å². The summed E-state index contributed by atoms with van der Waals surface area (Å²) in [5.41, 5.74) is 4.39. The summed E-state index contributed by atoms with van der Waals surface area (Å²) in [6.45, 7) is 3.92. The highest BCUT2D eigenvalue weighted by atomic mass is 32.1. The lowest BCUT2D eigenvalue weighted by molar-refractivity contribution is 1.02. The van der Waals surface area contributed by atoms with Gasteiger partial charge in [0, 0.05) is 25.3 Å². The molecule has 94 valence electrons. The van der Waals surface area contributed by atoms with Crippen LogP contribution in [0.2, 0.25) is 0 Å². The van der Waals surface area contributed by atoms with E-state index in [0.29, 0.717) is 4.64 Å². The monoisotopic (exact) mass is 259 g/mol. The highest BCUT2D eigenvalue weighted by Gasteiger charge is 2.06. The first-order valence-corrected chi connectivity index (χ1v) is 6.25. The minimum Gasteiger partial charge on any atom is -0.378 e. The van der Waals surface area contributed by atoms with Crippen LogP contribution in [0.1, 0.15) is 11.4 Å². The zero-order chi connectivity index (χ0) is 13.3. The van der Waals surface area contributed by atoms with Crippen LogP contribution in [0.5, 0.6) is 0 Å². The fraction of sp³-hybridized carbons (Fsp3) is 0.286. The number of hydrogen-bond donors (Lipinski definition) is 1. The van der Waals surface area contributed by atoms with Gasteiger partial charge in [0.25, 0.3) is 0 Å². The van der Waals surface area contributed by atoms with Crippen LogP contribution in [0.25, 0.3) is 11.3 Å². The van der Waals surface area contributed by atoms with Gasteiger partial charge in [-0.05, 0) is 31.5 Å². The van der Waals surface area contributed by atoms with E-state index >= 15 is 0 Å². The van der Waals surface area contributed by atoms with Crippen LogP contribution in [0.3, 0.4) is 0 Å². The average molecular weight is 259 g/mol. The van der Waals surface area contributed by atoms with Crippen molar-refractivity contribution in [2.24, 2.45) is 0 Å². The van der Waals surface area contributed by atoms with Crippen molar-refractivity contribution in [1.29, 1.82) is 0 Å². The van der Waals surface area contributed by atoms with Gasteiger partial charge in [-0.25, -0.2) is 4.98 Å². The van der Waals surface area contributed by atoms with E-state index in [1.54, 1.807) is 0 Å². The van der Waals surface area contributed by atoms with Crippen LogP contribution in [0.15, 0.2) is 24.3 Å². The van der Waals surface area contributed by atoms with Crippen molar-refractivity contribution in [3.8, 4) is 11.3 Å². The summed E-state index contributed by atoms with van der Waals surface area (Å²) in [5, 5.41) is 0. The van der Waals surface area contributed by atoms with Gasteiger partial charge in [-0.15, -0.1) is 0 Å². The van der Waals surface area contributed by atoms with Gasteiger partial charge in [0.1, 0.15) is 10.5 Å². The number of rotatable bonds is 2. The molecule has 0 fully saturated rings. The van der Waals surface area contributed by atoms with Crippen LogP contribution in [0, 0.1) is 18.5 Å². The average Bonchev–Trinajstić information content (AvgIpc) is 2.34. The van der Waals surface area contributed by atoms with Gasteiger partial charge in [0.15, 0.2) is 0 Å². The number of nitrogens with zero attached hydrogens (tertiary/aromatic N) is 2. The SMILES string of the molecule is Cc1nc(=S)c(C)c(-c2ccc(N(C)C)cc2)[nH]1. The largest absolute Gasteiger partial charge is 0.378 e. The second-order valence-electron chi connectivity index (χ2n) is 4.57. The fourth-order valence-electron chi connectivity index (χ4n) is 1.86. The summed E-state index contributed by atoms with van der Waals surface area (Å²) >= 11 is 5.26. The zero-order valence-corrected chi connectivity index (χ0v) is 11.9. The molecule has 0 saturated heterocycles. The van der Waals surface area contributed by atoms with E-state index in [1.807, 2.05) is 27.9 Å². The smallest absolute Gasteiger partial charge is 0.133 e. The highest BCUT2D eigenvalue weighted by Crippen LogP contribution is 2.23. The molecule has 0 spiro atoms. The van der Waals surface area contributed by atoms with Crippen LogP contribution in [-0.4, -0.2) is 24.1 Å². The van der Waals surface area contributed by atoms with Gasteiger partial charge in [-0.1, -0.05) is 24.4 Å². The number of benzene rings is 1. The molecule has 0 saturated carbocycles. The Kier molecular flexibility index (Phi) is 3.48. The van der Waals surface area contributed by atoms with Crippen LogP contribution in [-0.2, 0) is 0 Å². The van der Waals surface area contributed by atoms with E-state index in [-0.39, 0.29) is 0 Å². The predicted molar refractivity (Wildman–Crippen MR) is 78.7 cm³/mol. The van der Waals surface area contributed by atoms with Gasteiger partial charge in [0.2, 0.25) is 0 Å². The summed E-state index contributed by atoms with van der Waals surface area (Å²) in [5.74, 6) is 0.845. The molecule has 0 aliphatic rings. The molecule has 2 aromatic rings. The molecule has 0 bridgehead atoms. The molecule has 0 amide bonds. The summed E-state index contributed by atoms with van der Waals surface area (Å²) in [6.07, 6.45) is 0. The molecule has 1 aromatic carbocycles. The van der Waals surface area contributed by atoms with Crippen molar-refractivity contribution in [2.45, 2.75) is 13.8 Å². The lowest BCUT2D eigenvalue weighted by atomic mass is 10.1. The lowest BCUT2D eigenvalue weighted by Gasteiger charge is -2.13. The molecule has 1 heterocycles. The molecule has 3 nitrogen and oxygen atoms in total. The summed E-state index contributed by atoms with van der Waals surface area (Å²) in [4.78, 5) is 9.63. The van der Waals surface area contributed by atoms with Crippen molar-refractivity contribution in [3.05, 3.63) is 40.3 Å². The number of aromatic nitrogens is 2. The Morgan fingerprint density at radius 3 is 2.28 bits per heavy atom. The molecule has 18 heavy (non-hydrogen) atoms. The minimum atomic E-state index is 0.665. The standard InChI is InChI=1S/C14H17N3S/c1-9-13(15-10(2)16-14(9)18)11-5-7-12(8-6-11)17(3)4/h5-8H,1-4H3,(H,15,16,18). The number of nitrogens with one attached hydrogen (secondary N) is 1. The van der Waals surface area contributed by atoms with Crippen LogP contribution >= 0.6 is 12.2 Å². The van der Waals surface area contributed by atoms with Crippen molar-refractivity contribution in [3.63, 3.8) is 0 Å². The molecule has 0 aliphatic carbocycles. The lowest BCUT2D eigenvalue weighted by Crippen LogP contribution is -2.08. The highest BCUT2D eigenvalue weighted by molar-refractivity contribution is 7.71. The first-order chi connectivity index (χ1) is 8.49. The maximum atomic E-state index is 5.26.